The quantitative estimate of drug-likeness (QED) is 0.820. The smallest absolute Gasteiger partial charge is 0.321 e. The molecule has 0 saturated carbocycles. The molecular weight excluding hydrogens is 230 g/mol. The van der Waals surface area contributed by atoms with Gasteiger partial charge in [0, 0.05) is 12.1 Å². The van der Waals surface area contributed by atoms with Gasteiger partial charge in [0.05, 0.1) is 7.11 Å². The van der Waals surface area contributed by atoms with Crippen LogP contribution in [0.4, 0.5) is 0 Å². The van der Waals surface area contributed by atoms with E-state index in [2.05, 4.69) is 5.32 Å². The molecule has 88 valence electrons. The van der Waals surface area contributed by atoms with Crippen molar-refractivity contribution < 1.29 is 14.6 Å². The van der Waals surface area contributed by atoms with Crippen LogP contribution >= 0.6 is 12.4 Å². The molecule has 1 aliphatic heterocycles. The molecule has 0 aliphatic carbocycles. The molecule has 1 aliphatic rings. The third kappa shape index (κ3) is 2.28. The van der Waals surface area contributed by atoms with E-state index in [1.54, 1.807) is 7.11 Å². The van der Waals surface area contributed by atoms with Crippen molar-refractivity contribution in [2.75, 3.05) is 7.11 Å². The molecule has 1 aromatic rings. The van der Waals surface area contributed by atoms with E-state index in [0.29, 0.717) is 13.0 Å². The summed E-state index contributed by atoms with van der Waals surface area (Å²) in [6, 6.07) is 5.25. The molecule has 0 saturated heterocycles. The van der Waals surface area contributed by atoms with E-state index in [-0.39, 0.29) is 12.4 Å². The summed E-state index contributed by atoms with van der Waals surface area (Å²) < 4.78 is 5.22. The fraction of sp³-hybridized carbons (Fsp3) is 0.364. The number of benzene rings is 1. The zero-order chi connectivity index (χ0) is 10.8. The zero-order valence-electron chi connectivity index (χ0n) is 8.90. The molecule has 2 N–H and O–H groups in total. The van der Waals surface area contributed by atoms with Crippen molar-refractivity contribution in [2.45, 2.75) is 19.0 Å². The highest BCUT2D eigenvalue weighted by molar-refractivity contribution is 5.85. The fourth-order valence-electron chi connectivity index (χ4n) is 1.89. The Morgan fingerprint density at radius 1 is 1.56 bits per heavy atom. The lowest BCUT2D eigenvalue weighted by Gasteiger charge is -2.24. The molecule has 5 heteroatoms. The van der Waals surface area contributed by atoms with Crippen LogP contribution in [0, 0.1) is 0 Å². The molecule has 1 atom stereocenters. The van der Waals surface area contributed by atoms with Crippen LogP contribution in [-0.4, -0.2) is 24.2 Å². The number of hydrogen-bond acceptors (Lipinski definition) is 3. The first kappa shape index (κ1) is 12.8. The minimum atomic E-state index is -0.802. The number of carbonyl (C=O) groups is 1. The lowest BCUT2D eigenvalue weighted by molar-refractivity contribution is -0.139. The molecule has 0 aromatic heterocycles. The average Bonchev–Trinajstić information content (AvgIpc) is 2.27. The largest absolute Gasteiger partial charge is 0.496 e. The number of halogens is 1. The van der Waals surface area contributed by atoms with Crippen LogP contribution < -0.4 is 10.1 Å². The van der Waals surface area contributed by atoms with Crippen molar-refractivity contribution in [2.24, 2.45) is 0 Å². The summed E-state index contributed by atoms with van der Waals surface area (Å²) in [5.41, 5.74) is 2.12. The maximum Gasteiger partial charge on any atom is 0.321 e. The van der Waals surface area contributed by atoms with E-state index in [1.807, 2.05) is 18.2 Å². The number of ether oxygens (including phenoxy) is 1. The molecule has 1 unspecified atom stereocenters. The summed E-state index contributed by atoms with van der Waals surface area (Å²) in [6.45, 7) is 0.552. The molecule has 2 rings (SSSR count). The number of hydrogen-bond donors (Lipinski definition) is 2. The minimum Gasteiger partial charge on any atom is -0.496 e. The van der Waals surface area contributed by atoms with Gasteiger partial charge in [0.2, 0.25) is 0 Å². The van der Waals surface area contributed by atoms with Crippen molar-refractivity contribution >= 4 is 18.4 Å². The predicted octanol–water partition coefficient (Wildman–Crippen LogP) is 1.22. The highest BCUT2D eigenvalue weighted by atomic mass is 35.5. The van der Waals surface area contributed by atoms with Gasteiger partial charge >= 0.3 is 5.97 Å². The first-order chi connectivity index (χ1) is 7.22. The number of nitrogens with one attached hydrogen (secondary N) is 1. The molecule has 16 heavy (non-hydrogen) atoms. The van der Waals surface area contributed by atoms with Crippen LogP contribution in [0.15, 0.2) is 18.2 Å². The Bertz CT molecular complexity index is 395. The monoisotopic (exact) mass is 243 g/mol. The molecule has 4 nitrogen and oxygen atoms in total. The van der Waals surface area contributed by atoms with Crippen LogP contribution in [-0.2, 0) is 17.8 Å². The maximum absolute atomic E-state index is 10.8. The summed E-state index contributed by atoms with van der Waals surface area (Å²) in [7, 11) is 1.62. The minimum absolute atomic E-state index is 0. The molecule has 0 fully saturated rings. The standard InChI is InChI=1S/C11H13NO3.ClH/c1-15-10-4-2-3-7-5-9(11(13)14)12-6-8(7)10;/h2-4,9,12H,5-6H2,1H3,(H,13,14);1H. The van der Waals surface area contributed by atoms with Crippen LogP contribution in [0.2, 0.25) is 0 Å². The van der Waals surface area contributed by atoms with Gasteiger partial charge in [-0.05, 0) is 18.1 Å². The predicted molar refractivity (Wildman–Crippen MR) is 62.2 cm³/mol. The van der Waals surface area contributed by atoms with E-state index in [0.717, 1.165) is 16.9 Å². The van der Waals surface area contributed by atoms with E-state index in [9.17, 15) is 4.79 Å². The second kappa shape index (κ2) is 5.18. The summed E-state index contributed by atoms with van der Waals surface area (Å²) >= 11 is 0. The summed E-state index contributed by atoms with van der Waals surface area (Å²) in [4.78, 5) is 10.8. The van der Waals surface area contributed by atoms with Gasteiger partial charge < -0.3 is 9.84 Å². The van der Waals surface area contributed by atoms with E-state index in [4.69, 9.17) is 9.84 Å². The molecule has 0 spiro atoms. The normalized spacial score (nSPS) is 18.2. The van der Waals surface area contributed by atoms with Gasteiger partial charge in [0.1, 0.15) is 11.8 Å². The van der Waals surface area contributed by atoms with Gasteiger partial charge in [0.25, 0.3) is 0 Å². The van der Waals surface area contributed by atoms with Crippen LogP contribution in [0.25, 0.3) is 0 Å². The zero-order valence-corrected chi connectivity index (χ0v) is 9.71. The van der Waals surface area contributed by atoms with Crippen molar-refractivity contribution in [1.82, 2.24) is 5.32 Å². The van der Waals surface area contributed by atoms with Crippen molar-refractivity contribution in [3.63, 3.8) is 0 Å². The average molecular weight is 244 g/mol. The number of rotatable bonds is 2. The summed E-state index contributed by atoms with van der Waals surface area (Å²) in [6.07, 6.45) is 0.516. The van der Waals surface area contributed by atoms with Gasteiger partial charge in [-0.1, -0.05) is 12.1 Å². The van der Waals surface area contributed by atoms with Crippen molar-refractivity contribution in [3.05, 3.63) is 29.3 Å². The molecule has 0 amide bonds. The Labute approximate surface area is 100 Å². The Balaban J connectivity index is 0.00000128. The van der Waals surface area contributed by atoms with Crippen LogP contribution in [0.5, 0.6) is 5.75 Å². The topological polar surface area (TPSA) is 58.6 Å². The molecule has 1 heterocycles. The van der Waals surface area contributed by atoms with Crippen LogP contribution in [0.1, 0.15) is 11.1 Å². The molecular formula is C11H14ClNO3. The number of fused-ring (bicyclic) bond motifs is 1. The maximum atomic E-state index is 10.8. The fourth-order valence-corrected chi connectivity index (χ4v) is 1.89. The summed E-state index contributed by atoms with van der Waals surface area (Å²) in [5.74, 6) is 0.0207. The SMILES string of the molecule is COc1cccc2c1CNC(C(=O)O)C2.Cl. The highest BCUT2D eigenvalue weighted by Gasteiger charge is 2.24. The van der Waals surface area contributed by atoms with E-state index >= 15 is 0 Å². The molecule has 0 bridgehead atoms. The number of carboxylic acid groups (broad SMARTS) is 1. The van der Waals surface area contributed by atoms with Gasteiger partial charge in [-0.15, -0.1) is 12.4 Å². The Kier molecular flexibility index (Phi) is 4.15. The Morgan fingerprint density at radius 2 is 2.31 bits per heavy atom. The molecule has 1 aromatic carbocycles. The Morgan fingerprint density at radius 3 is 2.94 bits per heavy atom. The highest BCUT2D eigenvalue weighted by Crippen LogP contribution is 2.26. The Hall–Kier alpha value is -1.26. The second-order valence-corrected chi connectivity index (χ2v) is 3.57. The lowest BCUT2D eigenvalue weighted by Crippen LogP contribution is -2.41. The summed E-state index contributed by atoms with van der Waals surface area (Å²) in [5, 5.41) is 11.9. The van der Waals surface area contributed by atoms with E-state index < -0.39 is 12.0 Å². The first-order valence-corrected chi connectivity index (χ1v) is 4.83. The molecule has 0 radical (unpaired) electrons. The third-order valence-electron chi connectivity index (χ3n) is 2.70. The van der Waals surface area contributed by atoms with Gasteiger partial charge in [-0.3, -0.25) is 10.1 Å². The van der Waals surface area contributed by atoms with Crippen molar-refractivity contribution in [1.29, 1.82) is 0 Å². The number of carboxylic acids is 1. The number of aliphatic carboxylic acids is 1. The van der Waals surface area contributed by atoms with Crippen molar-refractivity contribution in [3.8, 4) is 5.75 Å². The third-order valence-corrected chi connectivity index (χ3v) is 2.70. The van der Waals surface area contributed by atoms with Gasteiger partial charge in [0.15, 0.2) is 0 Å². The number of methoxy groups -OCH3 is 1. The lowest BCUT2D eigenvalue weighted by atomic mass is 9.95. The van der Waals surface area contributed by atoms with Crippen LogP contribution in [0.3, 0.4) is 0 Å². The van der Waals surface area contributed by atoms with Gasteiger partial charge in [-0.2, -0.15) is 0 Å². The first-order valence-electron chi connectivity index (χ1n) is 4.83. The van der Waals surface area contributed by atoms with Gasteiger partial charge in [-0.25, -0.2) is 0 Å². The van der Waals surface area contributed by atoms with E-state index in [1.165, 1.54) is 0 Å². The second-order valence-electron chi connectivity index (χ2n) is 3.57.